The van der Waals surface area contributed by atoms with Crippen LogP contribution in [0.3, 0.4) is 0 Å². The van der Waals surface area contributed by atoms with Gasteiger partial charge in [-0.2, -0.15) is 24.8 Å². The molecular weight excluding hydrogens is 1220 g/mol. The van der Waals surface area contributed by atoms with Crippen molar-refractivity contribution in [3.8, 4) is 51.5 Å². The van der Waals surface area contributed by atoms with Crippen molar-refractivity contribution in [3.63, 3.8) is 0 Å². The molecule has 92 heavy (non-hydrogen) atoms. The smallest absolute Gasteiger partial charge is 0.365 e. The fourth-order valence-corrected chi connectivity index (χ4v) is 12.9. The number of rotatable bonds is 23. The Labute approximate surface area is 535 Å². The Kier molecular flexibility index (Phi) is 18.6. The van der Waals surface area contributed by atoms with Crippen LogP contribution >= 0.6 is 0 Å². The molecule has 0 spiro atoms. The molecule has 1 amide bonds. The third-order valence-corrected chi connectivity index (χ3v) is 21.3. The molecule has 0 fully saturated rings. The molecule has 0 aliphatic carbocycles. The van der Waals surface area contributed by atoms with Crippen molar-refractivity contribution in [3.05, 3.63) is 155 Å². The lowest BCUT2D eigenvalue weighted by Gasteiger charge is -2.18. The number of carbonyl (C=O) groups is 1. The SMILES string of the molecule is Cc1ccc(Oc2nc3cc(-c4ccc5c(ccn5C)c4)c(F)cc3n2COCC[Si](C)(C)C)cc1-n1nn[nH]c1=O.Cc1ccc(Oc2nc3cc(-c4ccc5c(ccn5C)c4)c(F)cc3n2COCC[Si](C)(C)C)cc1N1N=NC(COCC[Si](C)(C)C)C1=O. The van der Waals surface area contributed by atoms with Crippen molar-refractivity contribution >= 4 is 79.7 Å². The average molecular weight is 1300 g/mol. The number of hydrogen-bond donors (Lipinski definition) is 1. The molecule has 1 aliphatic rings. The van der Waals surface area contributed by atoms with Crippen LogP contribution in [0.4, 0.5) is 14.5 Å². The lowest BCUT2D eigenvalue weighted by Crippen LogP contribution is -2.32. The first-order valence-electron chi connectivity index (χ1n) is 30.8. The summed E-state index contributed by atoms with van der Waals surface area (Å²) in [6, 6.07) is 35.8. The second-order valence-corrected chi connectivity index (χ2v) is 44.0. The molecule has 11 aromatic rings. The first kappa shape index (κ1) is 64.8. The van der Waals surface area contributed by atoms with E-state index >= 15 is 8.78 Å². The minimum atomic E-state index is -1.33. The number of ether oxygens (including phenoxy) is 5. The first-order valence-corrected chi connectivity index (χ1v) is 41.9. The maximum atomic E-state index is 15.9. The summed E-state index contributed by atoms with van der Waals surface area (Å²) in [6.45, 7) is 26.6. The van der Waals surface area contributed by atoms with Gasteiger partial charge in [0.15, 0.2) is 6.04 Å². The van der Waals surface area contributed by atoms with Crippen LogP contribution < -0.4 is 20.2 Å². The number of aryl methyl sites for hydroxylation is 4. The van der Waals surface area contributed by atoms with Crippen LogP contribution in [0.1, 0.15) is 11.1 Å². The van der Waals surface area contributed by atoms with Crippen LogP contribution in [0.15, 0.2) is 137 Å². The van der Waals surface area contributed by atoms with Gasteiger partial charge in [-0.3, -0.25) is 13.9 Å². The molecule has 0 saturated carbocycles. The molecule has 0 bridgehead atoms. The molecule has 12 rings (SSSR count). The Balaban J connectivity index is 0.000000191. The van der Waals surface area contributed by atoms with Crippen LogP contribution in [0.2, 0.25) is 77.1 Å². The lowest BCUT2D eigenvalue weighted by molar-refractivity contribution is -0.119. The second-order valence-electron chi connectivity index (χ2n) is 27.2. The van der Waals surface area contributed by atoms with Crippen molar-refractivity contribution in [2.45, 2.75) is 110 Å². The Hall–Kier alpha value is -8.73. The van der Waals surface area contributed by atoms with E-state index in [0.29, 0.717) is 75.9 Å². The molecule has 0 saturated heterocycles. The van der Waals surface area contributed by atoms with E-state index in [1.165, 1.54) is 17.1 Å². The van der Waals surface area contributed by atoms with Crippen molar-refractivity contribution in [1.29, 1.82) is 0 Å². The van der Waals surface area contributed by atoms with E-state index in [1.54, 1.807) is 39.5 Å². The summed E-state index contributed by atoms with van der Waals surface area (Å²) < 4.78 is 70.9. The van der Waals surface area contributed by atoms with Gasteiger partial charge < -0.3 is 32.8 Å². The number of carbonyl (C=O) groups excluding carboxylic acids is 1. The molecular formula is C67H79F2N13O7Si3. The first-order chi connectivity index (χ1) is 43.7. The normalized spacial score (nSPS) is 13.8. The molecule has 20 nitrogen and oxygen atoms in total. The Bertz CT molecular complexity index is 4630. The summed E-state index contributed by atoms with van der Waals surface area (Å²) in [5, 5.41) is 21.5. The Morgan fingerprint density at radius 1 is 0.543 bits per heavy atom. The predicted octanol–water partition coefficient (Wildman–Crippen LogP) is 15.2. The van der Waals surface area contributed by atoms with Gasteiger partial charge >= 0.3 is 17.7 Å². The number of tetrazole rings is 1. The number of anilines is 1. The molecule has 6 heterocycles. The molecule has 480 valence electrons. The summed E-state index contributed by atoms with van der Waals surface area (Å²) in [7, 11) is 0.0861. The number of imidazole rings is 2. The number of hydrogen-bond acceptors (Lipinski definition) is 13. The number of halogens is 2. The number of nitrogens with one attached hydrogen (secondary N) is 1. The highest BCUT2D eigenvalue weighted by atomic mass is 28.3. The van der Waals surface area contributed by atoms with E-state index in [-0.39, 0.29) is 49.6 Å². The zero-order valence-corrected chi connectivity index (χ0v) is 57.5. The van der Waals surface area contributed by atoms with E-state index < -0.39 is 36.0 Å². The maximum Gasteiger partial charge on any atom is 0.365 e. The van der Waals surface area contributed by atoms with Crippen molar-refractivity contribution < 1.29 is 37.3 Å². The van der Waals surface area contributed by atoms with Gasteiger partial charge in [0.25, 0.3) is 5.91 Å². The van der Waals surface area contributed by atoms with Crippen LogP contribution in [0.5, 0.6) is 23.5 Å². The second kappa shape index (κ2) is 26.5. The average Bonchev–Trinajstić information content (AvgIpc) is 1.60. The quantitative estimate of drug-likeness (QED) is 0.0472. The minimum Gasteiger partial charge on any atom is -0.425 e. The van der Waals surface area contributed by atoms with Crippen molar-refractivity contribution in [2.75, 3.05) is 31.4 Å². The van der Waals surface area contributed by atoms with Gasteiger partial charge in [-0.25, -0.2) is 18.7 Å². The summed E-state index contributed by atoms with van der Waals surface area (Å²) in [4.78, 5) is 35.1. The number of aromatic amines is 1. The topological polar surface area (TPSA) is 200 Å². The highest BCUT2D eigenvalue weighted by Gasteiger charge is 2.33. The predicted molar refractivity (Wildman–Crippen MR) is 365 cm³/mol. The van der Waals surface area contributed by atoms with Gasteiger partial charge in [0.1, 0.15) is 36.6 Å². The summed E-state index contributed by atoms with van der Waals surface area (Å²) in [5.41, 5.74) is 9.08. The third-order valence-electron chi connectivity index (χ3n) is 16.2. The number of aromatic nitrogens is 10. The molecule has 1 unspecified atom stereocenters. The summed E-state index contributed by atoms with van der Waals surface area (Å²) in [6.07, 6.45) is 3.97. The third kappa shape index (κ3) is 14.8. The van der Waals surface area contributed by atoms with Crippen molar-refractivity contribution in [1.82, 2.24) is 48.4 Å². The molecule has 25 heteroatoms. The fourth-order valence-electron chi connectivity index (χ4n) is 10.6. The largest absolute Gasteiger partial charge is 0.425 e. The van der Waals surface area contributed by atoms with Crippen LogP contribution in [-0.2, 0) is 46.6 Å². The van der Waals surface area contributed by atoms with Crippen molar-refractivity contribution in [2.24, 2.45) is 24.4 Å². The van der Waals surface area contributed by atoms with Gasteiger partial charge in [-0.15, -0.1) is 0 Å². The number of benzene rings is 6. The Morgan fingerprint density at radius 2 is 1.01 bits per heavy atom. The van der Waals surface area contributed by atoms with E-state index in [1.807, 2.05) is 116 Å². The standard InChI is InChI=1S/C37H47FN6O4Si2.C30H32FN7O3Si/c1-25-9-11-28(20-34(25)44-36(45)32(40-41-44)23-46-15-17-49(3,4)5)48-37-39-31-21-29(26-10-12-33-27(19-26)13-14-42(33)2)30(38)22-35(31)43(37)24-47-16-18-50(6,7)8;1-19-6-8-22(15-27(19)38-29(39)33-34-35-38)41-30-32-25-16-23(20-7-9-26-21(14-20)10-11-36(26)2)24(31)17-28(25)37(30)18-40-12-13-42(3,4)5/h9-14,19-22,32H,15-18,23-24H2,1-8H3;6-11,14-17H,12-13,18H2,1-5H3,(H,33,35,39). The summed E-state index contributed by atoms with van der Waals surface area (Å²) >= 11 is 0. The van der Waals surface area contributed by atoms with Gasteiger partial charge in [0.2, 0.25) is 0 Å². The molecule has 5 aromatic heterocycles. The Morgan fingerprint density at radius 3 is 1.48 bits per heavy atom. The van der Waals surface area contributed by atoms with Crippen LogP contribution in [0, 0.1) is 25.5 Å². The van der Waals surface area contributed by atoms with Crippen LogP contribution in [-0.4, -0.2) is 111 Å². The fraction of sp³-hybridized carbons (Fsp3) is 0.343. The number of fused-ring (bicyclic) bond motifs is 4. The molecule has 6 aromatic carbocycles. The van der Waals surface area contributed by atoms with Gasteiger partial charge in [0.05, 0.1) is 40.0 Å². The van der Waals surface area contributed by atoms with E-state index in [0.717, 1.165) is 66.9 Å². The molecule has 1 aliphatic heterocycles. The van der Waals surface area contributed by atoms with E-state index in [9.17, 15) is 9.59 Å². The maximum absolute atomic E-state index is 15.9. The number of H-pyrrole nitrogens is 1. The lowest BCUT2D eigenvalue weighted by atomic mass is 10.0. The van der Waals surface area contributed by atoms with Crippen LogP contribution in [0.25, 0.3) is 71.8 Å². The van der Waals surface area contributed by atoms with Gasteiger partial charge in [-0.05, 0) is 125 Å². The zero-order chi connectivity index (χ0) is 65.4. The zero-order valence-electron chi connectivity index (χ0n) is 54.5. The summed E-state index contributed by atoms with van der Waals surface area (Å²) in [5.74, 6) is -0.109. The molecule has 1 N–H and O–H groups in total. The molecule has 1 atom stereocenters. The minimum absolute atomic E-state index is 0.141. The highest BCUT2D eigenvalue weighted by Crippen LogP contribution is 2.38. The number of nitrogens with zero attached hydrogens (tertiary/aromatic N) is 12. The highest BCUT2D eigenvalue weighted by molar-refractivity contribution is 6.76. The van der Waals surface area contributed by atoms with Gasteiger partial charge in [0, 0.05) is 128 Å². The van der Waals surface area contributed by atoms with E-state index in [4.69, 9.17) is 33.7 Å². The van der Waals surface area contributed by atoms with E-state index in [2.05, 4.69) is 84.8 Å². The van der Waals surface area contributed by atoms with Gasteiger partial charge in [-0.1, -0.05) is 88.4 Å². The molecule has 0 radical (unpaired) electrons. The number of amides is 1. The monoisotopic (exact) mass is 1300 g/mol.